The quantitative estimate of drug-likeness (QED) is 0.145. The number of fused-ring (bicyclic) bond motifs is 2. The molecule has 1 saturated carbocycles. The van der Waals surface area contributed by atoms with Gasteiger partial charge in [0.15, 0.2) is 5.82 Å². The van der Waals surface area contributed by atoms with Crippen molar-refractivity contribution in [1.29, 1.82) is 0 Å². The number of rotatable bonds is 9. The number of anilines is 1. The Morgan fingerprint density at radius 2 is 1.35 bits per heavy atom. The highest BCUT2D eigenvalue weighted by molar-refractivity contribution is 9.10. The molecule has 1 aliphatic heterocycles. The van der Waals surface area contributed by atoms with E-state index in [2.05, 4.69) is 60.8 Å². The Bertz CT molecular complexity index is 1870. The van der Waals surface area contributed by atoms with Gasteiger partial charge < -0.3 is 14.4 Å². The summed E-state index contributed by atoms with van der Waals surface area (Å²) in [7, 11) is 0. The lowest BCUT2D eigenvalue weighted by Gasteiger charge is -2.38. The number of hydrogen-bond acceptors (Lipinski definition) is 9. The molecule has 14 heteroatoms. The summed E-state index contributed by atoms with van der Waals surface area (Å²) in [4.78, 5) is 20.1. The molecule has 0 radical (unpaired) electrons. The van der Waals surface area contributed by atoms with Gasteiger partial charge in [-0.3, -0.25) is 0 Å². The Morgan fingerprint density at radius 1 is 0.796 bits per heavy atom. The normalized spacial score (nSPS) is 18.5. The molecule has 1 aliphatic carbocycles. The SMILES string of the molecule is CC(C)n1nc(Br)nc1Oc1ccccc1Cl.Cc1cc(N2C[C@H]3CC[C@@H](C2)C3Cc2nc(Oc3ccccc3Cl)n(C(C)C)n2)ncn1. The van der Waals surface area contributed by atoms with Crippen LogP contribution in [0.5, 0.6) is 23.5 Å². The summed E-state index contributed by atoms with van der Waals surface area (Å²) in [5, 5.41) is 10.1. The van der Waals surface area contributed by atoms with Crippen molar-refractivity contribution < 1.29 is 9.47 Å². The lowest BCUT2D eigenvalue weighted by Crippen LogP contribution is -2.43. The number of aryl methyl sites for hydroxylation is 1. The smallest absolute Gasteiger partial charge is 0.321 e. The van der Waals surface area contributed by atoms with Crippen molar-refractivity contribution in [2.45, 2.75) is 66.0 Å². The molecule has 2 aromatic carbocycles. The molecule has 3 aromatic heterocycles. The van der Waals surface area contributed by atoms with Crippen LogP contribution >= 0.6 is 39.1 Å². The van der Waals surface area contributed by atoms with Crippen molar-refractivity contribution in [3.63, 3.8) is 0 Å². The summed E-state index contributed by atoms with van der Waals surface area (Å²) in [6, 6.07) is 18.0. The van der Waals surface area contributed by atoms with Gasteiger partial charge in [-0.1, -0.05) is 47.5 Å². The average molecular weight is 770 g/mol. The largest absolute Gasteiger partial charge is 0.423 e. The first kappa shape index (κ1) is 35.1. The van der Waals surface area contributed by atoms with Crippen LogP contribution in [0.25, 0.3) is 0 Å². The maximum Gasteiger partial charge on any atom is 0.321 e. The van der Waals surface area contributed by atoms with Crippen molar-refractivity contribution in [2.24, 2.45) is 17.8 Å². The predicted molar refractivity (Wildman–Crippen MR) is 194 cm³/mol. The fourth-order valence-electron chi connectivity index (χ4n) is 6.47. The van der Waals surface area contributed by atoms with Crippen LogP contribution in [0.4, 0.5) is 5.82 Å². The van der Waals surface area contributed by atoms with Crippen molar-refractivity contribution in [3.8, 4) is 23.5 Å². The van der Waals surface area contributed by atoms with Crippen LogP contribution in [0, 0.1) is 24.7 Å². The van der Waals surface area contributed by atoms with Gasteiger partial charge >= 0.3 is 12.0 Å². The van der Waals surface area contributed by atoms with Gasteiger partial charge in [-0.2, -0.15) is 15.1 Å². The van der Waals surface area contributed by atoms with Crippen molar-refractivity contribution in [1.82, 2.24) is 39.5 Å². The van der Waals surface area contributed by atoms with Crippen LogP contribution in [0.15, 0.2) is 65.7 Å². The Labute approximate surface area is 305 Å². The first-order valence-electron chi connectivity index (χ1n) is 16.5. The predicted octanol–water partition coefficient (Wildman–Crippen LogP) is 9.18. The fourth-order valence-corrected chi connectivity index (χ4v) is 7.14. The maximum atomic E-state index is 6.29. The Balaban J connectivity index is 0.000000207. The highest BCUT2D eigenvalue weighted by atomic mass is 79.9. The van der Waals surface area contributed by atoms with E-state index < -0.39 is 0 Å². The molecule has 0 amide bonds. The van der Waals surface area contributed by atoms with E-state index in [-0.39, 0.29) is 12.1 Å². The third-order valence-electron chi connectivity index (χ3n) is 8.83. The van der Waals surface area contributed by atoms with Crippen LogP contribution in [0.1, 0.15) is 64.1 Å². The van der Waals surface area contributed by atoms with E-state index in [0.29, 0.717) is 56.1 Å². The van der Waals surface area contributed by atoms with Gasteiger partial charge in [-0.25, -0.2) is 19.3 Å². The molecule has 2 fully saturated rings. The molecule has 258 valence electrons. The number of piperidine rings is 1. The lowest BCUT2D eigenvalue weighted by atomic mass is 9.82. The second-order valence-corrected chi connectivity index (χ2v) is 14.5. The van der Waals surface area contributed by atoms with Gasteiger partial charge in [0.1, 0.15) is 23.6 Å². The summed E-state index contributed by atoms with van der Waals surface area (Å²) in [6.07, 6.45) is 5.06. The minimum atomic E-state index is 0.147. The van der Waals surface area contributed by atoms with E-state index in [1.807, 2.05) is 61.9 Å². The number of para-hydroxylation sites is 2. The van der Waals surface area contributed by atoms with E-state index in [0.717, 1.165) is 36.8 Å². The molecule has 49 heavy (non-hydrogen) atoms. The molecule has 1 saturated heterocycles. The highest BCUT2D eigenvalue weighted by Gasteiger charge is 2.43. The van der Waals surface area contributed by atoms with Gasteiger partial charge in [-0.05, 0) is 105 Å². The third kappa shape index (κ3) is 8.36. The molecular weight excluding hydrogens is 729 g/mol. The molecule has 7 rings (SSSR count). The Kier molecular flexibility index (Phi) is 11.1. The Hall–Kier alpha value is -3.74. The van der Waals surface area contributed by atoms with E-state index in [9.17, 15) is 0 Å². The highest BCUT2D eigenvalue weighted by Crippen LogP contribution is 2.44. The topological polar surface area (TPSA) is 109 Å². The zero-order valence-corrected chi connectivity index (χ0v) is 31.3. The number of benzene rings is 2. The van der Waals surface area contributed by atoms with Gasteiger partial charge in [0.05, 0.1) is 22.1 Å². The maximum absolute atomic E-state index is 6.29. The summed E-state index contributed by atoms with van der Waals surface area (Å²) >= 11 is 15.5. The van der Waals surface area contributed by atoms with E-state index in [1.165, 1.54) is 12.8 Å². The first-order valence-corrected chi connectivity index (χ1v) is 18.1. The zero-order valence-electron chi connectivity index (χ0n) is 28.2. The zero-order chi connectivity index (χ0) is 34.7. The van der Waals surface area contributed by atoms with E-state index in [1.54, 1.807) is 23.1 Å². The van der Waals surface area contributed by atoms with Crippen molar-refractivity contribution in [3.05, 3.63) is 87.2 Å². The van der Waals surface area contributed by atoms with Crippen LogP contribution in [0.3, 0.4) is 0 Å². The van der Waals surface area contributed by atoms with Crippen LogP contribution < -0.4 is 14.4 Å². The van der Waals surface area contributed by atoms with Crippen LogP contribution in [-0.4, -0.2) is 52.6 Å². The molecule has 0 spiro atoms. The van der Waals surface area contributed by atoms with Gasteiger partial charge in [0.2, 0.25) is 4.73 Å². The molecule has 11 nitrogen and oxygen atoms in total. The number of ether oxygens (including phenoxy) is 2. The lowest BCUT2D eigenvalue weighted by molar-refractivity contribution is 0.264. The van der Waals surface area contributed by atoms with Crippen molar-refractivity contribution in [2.75, 3.05) is 18.0 Å². The summed E-state index contributed by atoms with van der Waals surface area (Å²) < 4.78 is 15.8. The van der Waals surface area contributed by atoms with Gasteiger partial charge in [0.25, 0.3) is 0 Å². The summed E-state index contributed by atoms with van der Waals surface area (Å²) in [6.45, 7) is 12.3. The standard InChI is InChI=1S/C24H29ClN6O.C11H11BrClN3O/c1-15(2)31-24(32-21-7-5-4-6-20(21)25)28-22(29-31)11-19-17-8-9-18(19)13-30(12-17)23-10-16(3)26-14-27-23;1-7(2)16-11(14-10(12)15-16)17-9-6-4-3-5-8(9)13/h4-7,10,14-15,17-19H,8-9,11-13H2,1-3H3;3-7H,1-2H3/t17-,18+,19?;. The number of halogens is 3. The molecular formula is C35H40BrCl2N9O2. The molecule has 1 unspecified atom stereocenters. The first-order chi connectivity index (χ1) is 23.5. The molecule has 4 heterocycles. The summed E-state index contributed by atoms with van der Waals surface area (Å²) in [5.41, 5.74) is 1.01. The summed E-state index contributed by atoms with van der Waals surface area (Å²) in [5.74, 6) is 4.91. The second kappa shape index (κ2) is 15.4. The number of nitrogens with zero attached hydrogens (tertiary/aromatic N) is 9. The minimum absolute atomic E-state index is 0.147. The monoisotopic (exact) mass is 767 g/mol. The molecule has 0 N–H and O–H groups in total. The minimum Gasteiger partial charge on any atom is -0.423 e. The number of aromatic nitrogens is 8. The van der Waals surface area contributed by atoms with Crippen LogP contribution in [-0.2, 0) is 6.42 Å². The van der Waals surface area contributed by atoms with E-state index >= 15 is 0 Å². The van der Waals surface area contributed by atoms with E-state index in [4.69, 9.17) is 42.8 Å². The molecule has 2 bridgehead atoms. The molecule has 2 aliphatic rings. The fraction of sp³-hybridized carbons (Fsp3) is 0.429. The van der Waals surface area contributed by atoms with Gasteiger partial charge in [0, 0.05) is 31.3 Å². The second-order valence-electron chi connectivity index (χ2n) is 13.0. The molecule has 3 atom stereocenters. The van der Waals surface area contributed by atoms with Gasteiger partial charge in [-0.15, -0.1) is 5.10 Å². The number of hydrogen-bond donors (Lipinski definition) is 0. The van der Waals surface area contributed by atoms with Crippen LogP contribution in [0.2, 0.25) is 10.0 Å². The molecule has 5 aromatic rings. The van der Waals surface area contributed by atoms with Crippen molar-refractivity contribution >= 4 is 44.9 Å². The average Bonchev–Trinajstić information content (AvgIpc) is 3.71. The third-order valence-corrected chi connectivity index (χ3v) is 9.79. The Morgan fingerprint density at radius 3 is 1.90 bits per heavy atom.